The summed E-state index contributed by atoms with van der Waals surface area (Å²) in [4.78, 5) is 12.6. The van der Waals surface area contributed by atoms with E-state index >= 15 is 0 Å². The van der Waals surface area contributed by atoms with E-state index in [0.29, 0.717) is 17.6 Å². The van der Waals surface area contributed by atoms with Crippen LogP contribution >= 0.6 is 0 Å². The van der Waals surface area contributed by atoms with Crippen molar-refractivity contribution in [2.45, 2.75) is 65.4 Å². The lowest BCUT2D eigenvalue weighted by atomic mass is 9.46. The van der Waals surface area contributed by atoms with Crippen LogP contribution in [0.5, 0.6) is 0 Å². The third kappa shape index (κ3) is 3.02. The lowest BCUT2D eigenvalue weighted by Crippen LogP contribution is -2.53. The zero-order valence-electron chi connectivity index (χ0n) is 16.3. The predicted octanol–water partition coefficient (Wildman–Crippen LogP) is 4.66. The minimum Gasteiger partial charge on any atom is -0.469 e. The molecule has 26 heavy (non-hydrogen) atoms. The molecular weight excluding hydrogens is 328 g/mol. The summed E-state index contributed by atoms with van der Waals surface area (Å²) in [7, 11) is 1.51. The van der Waals surface area contributed by atoms with E-state index in [1.54, 1.807) is 6.26 Å². The standard InChI is InChI=1S/C22H32O4/c1-15-6-9-19-21(2,11-5-12-22(19,3)20(24)25-4)17(15)8-7-16-10-13-26-18(16)14-23/h10,13,17,19,23H,1,5-9,11-12,14H2,2-4H3/t17-,19+,21-,22-/m0/s1. The molecule has 144 valence electrons. The molecule has 1 aromatic heterocycles. The first-order valence-corrected chi connectivity index (χ1v) is 9.79. The van der Waals surface area contributed by atoms with E-state index in [1.807, 2.05) is 6.07 Å². The average Bonchev–Trinajstić information content (AvgIpc) is 3.07. The van der Waals surface area contributed by atoms with Gasteiger partial charge in [0.15, 0.2) is 0 Å². The first-order chi connectivity index (χ1) is 12.4. The van der Waals surface area contributed by atoms with Crippen LogP contribution in [0.4, 0.5) is 0 Å². The maximum absolute atomic E-state index is 12.6. The van der Waals surface area contributed by atoms with E-state index < -0.39 is 5.41 Å². The highest BCUT2D eigenvalue weighted by molar-refractivity contribution is 5.77. The number of carbonyl (C=O) groups excluding carboxylic acids is 1. The number of esters is 1. The molecular formula is C22H32O4. The maximum atomic E-state index is 12.6. The van der Waals surface area contributed by atoms with Gasteiger partial charge in [-0.3, -0.25) is 4.79 Å². The highest BCUT2D eigenvalue weighted by Gasteiger charge is 2.57. The van der Waals surface area contributed by atoms with Crippen LogP contribution in [-0.2, 0) is 22.6 Å². The topological polar surface area (TPSA) is 59.7 Å². The van der Waals surface area contributed by atoms with Gasteiger partial charge in [0.05, 0.1) is 18.8 Å². The summed E-state index contributed by atoms with van der Waals surface area (Å²) in [5.74, 6) is 1.31. The summed E-state index contributed by atoms with van der Waals surface area (Å²) in [6.07, 6.45) is 8.59. The lowest BCUT2D eigenvalue weighted by Gasteiger charge is -2.57. The molecule has 0 aromatic carbocycles. The second-order valence-electron chi connectivity index (χ2n) is 8.64. The van der Waals surface area contributed by atoms with Crippen LogP contribution in [0.1, 0.15) is 63.7 Å². The molecule has 2 aliphatic carbocycles. The van der Waals surface area contributed by atoms with Crippen molar-refractivity contribution in [1.29, 1.82) is 0 Å². The molecule has 2 saturated carbocycles. The highest BCUT2D eigenvalue weighted by atomic mass is 16.5. The van der Waals surface area contributed by atoms with Crippen molar-refractivity contribution in [3.63, 3.8) is 0 Å². The average molecular weight is 360 g/mol. The molecule has 4 nitrogen and oxygen atoms in total. The Hall–Kier alpha value is -1.55. The van der Waals surface area contributed by atoms with Gasteiger partial charge in [-0.15, -0.1) is 0 Å². The number of hydrogen-bond acceptors (Lipinski definition) is 4. The number of methoxy groups -OCH3 is 1. The maximum Gasteiger partial charge on any atom is 0.311 e. The third-order valence-electron chi connectivity index (χ3n) is 7.36. The Morgan fingerprint density at radius 2 is 2.19 bits per heavy atom. The molecule has 1 heterocycles. The molecule has 1 N–H and O–H groups in total. The van der Waals surface area contributed by atoms with E-state index in [9.17, 15) is 9.90 Å². The lowest BCUT2D eigenvalue weighted by molar-refractivity contribution is -0.168. The second-order valence-corrected chi connectivity index (χ2v) is 8.64. The molecule has 0 aliphatic heterocycles. The van der Waals surface area contributed by atoms with Crippen molar-refractivity contribution in [3.05, 3.63) is 35.8 Å². The van der Waals surface area contributed by atoms with Gasteiger partial charge in [-0.1, -0.05) is 25.5 Å². The Morgan fingerprint density at radius 3 is 2.88 bits per heavy atom. The van der Waals surface area contributed by atoms with Gasteiger partial charge in [0.2, 0.25) is 0 Å². The molecule has 3 rings (SSSR count). The van der Waals surface area contributed by atoms with Crippen molar-refractivity contribution in [1.82, 2.24) is 0 Å². The summed E-state index contributed by atoms with van der Waals surface area (Å²) in [5.41, 5.74) is 2.07. The fourth-order valence-corrected chi connectivity index (χ4v) is 5.99. The van der Waals surface area contributed by atoms with Gasteiger partial charge in [0.25, 0.3) is 0 Å². The van der Waals surface area contributed by atoms with Crippen molar-refractivity contribution in [3.8, 4) is 0 Å². The Labute approximate surface area is 156 Å². The van der Waals surface area contributed by atoms with Gasteiger partial charge in [-0.25, -0.2) is 0 Å². The minimum absolute atomic E-state index is 0.0583. The summed E-state index contributed by atoms with van der Waals surface area (Å²) in [6.45, 7) is 8.80. The van der Waals surface area contributed by atoms with Gasteiger partial charge in [-0.2, -0.15) is 0 Å². The van der Waals surface area contributed by atoms with Crippen LogP contribution in [0.2, 0.25) is 0 Å². The van der Waals surface area contributed by atoms with Crippen LogP contribution in [0, 0.1) is 22.7 Å². The number of hydrogen-bond donors (Lipinski definition) is 1. The Kier molecular flexibility index (Phi) is 5.34. The Balaban J connectivity index is 1.85. The van der Waals surface area contributed by atoms with Crippen molar-refractivity contribution >= 4 is 5.97 Å². The highest BCUT2D eigenvalue weighted by Crippen LogP contribution is 2.62. The summed E-state index contributed by atoms with van der Waals surface area (Å²) >= 11 is 0. The van der Waals surface area contributed by atoms with Crippen LogP contribution in [0.15, 0.2) is 28.9 Å². The van der Waals surface area contributed by atoms with Gasteiger partial charge >= 0.3 is 5.97 Å². The fraction of sp³-hybridized carbons (Fsp3) is 0.682. The van der Waals surface area contributed by atoms with Crippen molar-refractivity contribution in [2.24, 2.45) is 22.7 Å². The molecule has 4 heteroatoms. The van der Waals surface area contributed by atoms with Crippen molar-refractivity contribution < 1.29 is 19.1 Å². The number of aliphatic hydroxyl groups is 1. The number of ether oxygens (including phenoxy) is 1. The van der Waals surface area contributed by atoms with E-state index in [2.05, 4.69) is 20.4 Å². The van der Waals surface area contributed by atoms with E-state index in [1.165, 1.54) is 12.7 Å². The third-order valence-corrected chi connectivity index (χ3v) is 7.36. The second kappa shape index (κ2) is 7.22. The molecule has 0 saturated heterocycles. The van der Waals surface area contributed by atoms with Gasteiger partial charge in [0, 0.05) is 0 Å². The number of aryl methyl sites for hydroxylation is 1. The largest absolute Gasteiger partial charge is 0.469 e. The fourth-order valence-electron chi connectivity index (χ4n) is 5.99. The first kappa shape index (κ1) is 19.2. The van der Waals surface area contributed by atoms with Crippen LogP contribution in [0.25, 0.3) is 0 Å². The zero-order chi connectivity index (χ0) is 18.9. The minimum atomic E-state index is -0.396. The Morgan fingerprint density at radius 1 is 1.42 bits per heavy atom. The van der Waals surface area contributed by atoms with E-state index in [4.69, 9.17) is 9.15 Å². The molecule has 0 amide bonds. The van der Waals surface area contributed by atoms with Gasteiger partial charge in [0.1, 0.15) is 12.4 Å². The molecule has 4 atom stereocenters. The van der Waals surface area contributed by atoms with E-state index in [0.717, 1.165) is 50.5 Å². The molecule has 2 aliphatic rings. The van der Waals surface area contributed by atoms with Crippen LogP contribution in [0.3, 0.4) is 0 Å². The Bertz CT molecular complexity index is 675. The quantitative estimate of drug-likeness (QED) is 0.613. The van der Waals surface area contributed by atoms with E-state index in [-0.39, 0.29) is 18.0 Å². The number of fused-ring (bicyclic) bond motifs is 1. The number of furan rings is 1. The SMILES string of the molecule is C=C1CC[C@@H]2[C@@](C)(CCC[C@]2(C)C(=O)OC)[C@H]1CCc1ccoc1CO. The monoisotopic (exact) mass is 360 g/mol. The van der Waals surface area contributed by atoms with Gasteiger partial charge < -0.3 is 14.3 Å². The number of aliphatic hydroxyl groups excluding tert-OH is 1. The zero-order valence-corrected chi connectivity index (χ0v) is 16.3. The molecule has 0 bridgehead atoms. The van der Waals surface area contributed by atoms with Gasteiger partial charge in [-0.05, 0) is 74.3 Å². The van der Waals surface area contributed by atoms with Crippen LogP contribution in [-0.4, -0.2) is 18.2 Å². The number of carbonyl (C=O) groups is 1. The summed E-state index contributed by atoms with van der Waals surface area (Å²) < 4.78 is 10.6. The molecule has 2 fully saturated rings. The van der Waals surface area contributed by atoms with Crippen molar-refractivity contribution in [2.75, 3.05) is 7.11 Å². The molecule has 1 aromatic rings. The normalized spacial score (nSPS) is 34.4. The summed E-state index contributed by atoms with van der Waals surface area (Å²) in [6, 6.07) is 1.95. The number of allylic oxidation sites excluding steroid dienone is 1. The van der Waals surface area contributed by atoms with Crippen LogP contribution < -0.4 is 0 Å². The number of rotatable bonds is 5. The summed E-state index contributed by atoms with van der Waals surface area (Å²) in [5, 5.41) is 9.43. The molecule has 0 unspecified atom stereocenters. The molecule has 0 radical (unpaired) electrons. The smallest absolute Gasteiger partial charge is 0.311 e. The molecule has 0 spiro atoms. The predicted molar refractivity (Wildman–Crippen MR) is 100 cm³/mol. The first-order valence-electron chi connectivity index (χ1n) is 9.79.